The molecule has 0 fully saturated rings. The quantitative estimate of drug-likeness (QED) is 0.344. The first kappa shape index (κ1) is 20.4. The van der Waals surface area contributed by atoms with Gasteiger partial charge >= 0.3 is 0 Å². The summed E-state index contributed by atoms with van der Waals surface area (Å²) in [6.07, 6.45) is 8.80. The lowest BCUT2D eigenvalue weighted by Gasteiger charge is -2.02. The largest absolute Gasteiger partial charge is 0.404 e. The van der Waals surface area contributed by atoms with Crippen LogP contribution in [-0.2, 0) is 0 Å². The van der Waals surface area contributed by atoms with Crippen LogP contribution in [-0.4, -0.2) is 30.4 Å². The molecule has 8 heteroatoms. The Kier molecular flexibility index (Phi) is 5.10. The monoisotopic (exact) mass is 439 g/mol. The smallest absolute Gasteiger partial charge is 0.123 e. The fourth-order valence-electron chi connectivity index (χ4n) is 3.89. The van der Waals surface area contributed by atoms with Crippen LogP contribution in [0.5, 0.6) is 0 Å². The number of aromatic nitrogens is 6. The van der Waals surface area contributed by atoms with Gasteiger partial charge in [-0.1, -0.05) is 5.57 Å². The molecule has 0 unspecified atom stereocenters. The molecule has 0 aliphatic carbocycles. The van der Waals surface area contributed by atoms with Crippen molar-refractivity contribution in [2.75, 3.05) is 0 Å². The molecule has 0 aliphatic rings. The van der Waals surface area contributed by atoms with Gasteiger partial charge in [-0.25, -0.2) is 4.39 Å². The van der Waals surface area contributed by atoms with Crippen LogP contribution in [0, 0.1) is 5.82 Å². The van der Waals surface area contributed by atoms with Crippen LogP contribution in [0.3, 0.4) is 0 Å². The van der Waals surface area contributed by atoms with Crippen LogP contribution in [0.4, 0.5) is 4.39 Å². The van der Waals surface area contributed by atoms with E-state index in [1.165, 1.54) is 12.1 Å². The number of nitrogens with two attached hydrogens (primary N) is 1. The molecule has 164 valence electrons. The Morgan fingerprint density at radius 1 is 1.09 bits per heavy atom. The Bertz CT molecular complexity index is 1580. The summed E-state index contributed by atoms with van der Waals surface area (Å²) in [5, 5.41) is 17.4. The lowest BCUT2D eigenvalue weighted by atomic mass is 10.1. The molecule has 0 saturated heterocycles. The van der Waals surface area contributed by atoms with Gasteiger partial charge in [-0.2, -0.15) is 10.2 Å². The van der Waals surface area contributed by atoms with Gasteiger partial charge in [-0.05, 0) is 56.3 Å². The summed E-state index contributed by atoms with van der Waals surface area (Å²) >= 11 is 0. The number of nitrogens with one attached hydrogen (secondary N) is 3. The highest BCUT2D eigenvalue weighted by molar-refractivity contribution is 5.96. The number of H-pyrrole nitrogens is 3. The van der Waals surface area contributed by atoms with Gasteiger partial charge in [0.05, 0.1) is 22.9 Å². The molecule has 0 atom stereocenters. The van der Waals surface area contributed by atoms with Crippen molar-refractivity contribution in [1.82, 2.24) is 30.4 Å². The average molecular weight is 439 g/mol. The number of pyridine rings is 1. The lowest BCUT2D eigenvalue weighted by Crippen LogP contribution is -2.25. The van der Waals surface area contributed by atoms with Crippen molar-refractivity contribution < 1.29 is 4.39 Å². The van der Waals surface area contributed by atoms with E-state index in [-0.39, 0.29) is 5.82 Å². The molecular weight excluding hydrogens is 417 g/mol. The molecular formula is C25H22FN7. The van der Waals surface area contributed by atoms with E-state index in [1.807, 2.05) is 32.1 Å². The molecule has 5 aromatic rings. The molecule has 0 radical (unpaired) electrons. The summed E-state index contributed by atoms with van der Waals surface area (Å²) in [6, 6.07) is 10.3. The summed E-state index contributed by atoms with van der Waals surface area (Å²) in [6.45, 7) is 4.06. The molecule has 7 nitrogen and oxygen atoms in total. The third kappa shape index (κ3) is 3.71. The minimum Gasteiger partial charge on any atom is -0.404 e. The van der Waals surface area contributed by atoms with Gasteiger partial charge < -0.3 is 10.7 Å². The highest BCUT2D eigenvalue weighted by Gasteiger charge is 2.14. The Labute approximate surface area is 188 Å². The minimum atomic E-state index is -0.280. The minimum absolute atomic E-state index is 0.280. The van der Waals surface area contributed by atoms with Crippen molar-refractivity contribution in [2.45, 2.75) is 13.8 Å². The zero-order chi connectivity index (χ0) is 22.9. The van der Waals surface area contributed by atoms with Gasteiger partial charge in [-0.3, -0.25) is 15.2 Å². The lowest BCUT2D eigenvalue weighted by molar-refractivity contribution is 0.628. The van der Waals surface area contributed by atoms with E-state index in [0.29, 0.717) is 0 Å². The molecule has 0 amide bonds. The molecule has 0 saturated carbocycles. The van der Waals surface area contributed by atoms with E-state index in [2.05, 4.69) is 30.4 Å². The van der Waals surface area contributed by atoms with Crippen LogP contribution in [0.25, 0.3) is 50.8 Å². The Hall–Kier alpha value is -4.46. The molecule has 0 bridgehead atoms. The molecule has 5 rings (SSSR count). The summed E-state index contributed by atoms with van der Waals surface area (Å²) in [7, 11) is 0. The van der Waals surface area contributed by atoms with Crippen LogP contribution < -0.4 is 16.3 Å². The van der Waals surface area contributed by atoms with Crippen LogP contribution >= 0.6 is 0 Å². The van der Waals surface area contributed by atoms with Crippen LogP contribution in [0.1, 0.15) is 19.4 Å². The average Bonchev–Trinajstić information content (AvgIpc) is 3.56. The van der Waals surface area contributed by atoms with E-state index < -0.39 is 0 Å². The number of halogens is 1. The van der Waals surface area contributed by atoms with E-state index in [9.17, 15) is 4.39 Å². The first-order valence-corrected chi connectivity index (χ1v) is 10.4. The Morgan fingerprint density at radius 2 is 1.91 bits per heavy atom. The van der Waals surface area contributed by atoms with Gasteiger partial charge in [-0.15, -0.1) is 0 Å². The Morgan fingerprint density at radius 3 is 2.61 bits per heavy atom. The molecule has 0 spiro atoms. The highest BCUT2D eigenvalue weighted by Crippen LogP contribution is 2.29. The fourth-order valence-corrected chi connectivity index (χ4v) is 3.89. The van der Waals surface area contributed by atoms with Crippen molar-refractivity contribution in [3.8, 4) is 22.6 Å². The van der Waals surface area contributed by atoms with Crippen molar-refractivity contribution in [2.24, 2.45) is 5.73 Å². The van der Waals surface area contributed by atoms with Crippen molar-refractivity contribution >= 4 is 28.1 Å². The van der Waals surface area contributed by atoms with E-state index in [1.54, 1.807) is 36.9 Å². The molecule has 33 heavy (non-hydrogen) atoms. The second-order valence-electron chi connectivity index (χ2n) is 7.92. The van der Waals surface area contributed by atoms with E-state index in [0.717, 1.165) is 60.8 Å². The number of fused-ring (bicyclic) bond motifs is 1. The molecule has 4 heterocycles. The number of hydrogen-bond acceptors (Lipinski definition) is 4. The van der Waals surface area contributed by atoms with Gasteiger partial charge in [0.1, 0.15) is 11.5 Å². The molecule has 4 aromatic heterocycles. The zero-order valence-electron chi connectivity index (χ0n) is 18.1. The van der Waals surface area contributed by atoms with Crippen LogP contribution in [0.15, 0.2) is 61.2 Å². The summed E-state index contributed by atoms with van der Waals surface area (Å²) in [5.74, 6) is -0.280. The van der Waals surface area contributed by atoms with Gasteiger partial charge in [0.2, 0.25) is 0 Å². The highest BCUT2D eigenvalue weighted by atomic mass is 19.1. The van der Waals surface area contributed by atoms with Gasteiger partial charge in [0.15, 0.2) is 0 Å². The second-order valence-corrected chi connectivity index (χ2v) is 7.92. The van der Waals surface area contributed by atoms with Crippen molar-refractivity contribution in [1.29, 1.82) is 0 Å². The normalized spacial score (nSPS) is 12.6. The predicted molar refractivity (Wildman–Crippen MR) is 128 cm³/mol. The number of rotatable bonds is 4. The first-order valence-electron chi connectivity index (χ1n) is 10.4. The van der Waals surface area contributed by atoms with Gasteiger partial charge in [0, 0.05) is 51.4 Å². The van der Waals surface area contributed by atoms with Gasteiger partial charge in [0.25, 0.3) is 0 Å². The second kappa shape index (κ2) is 8.23. The third-order valence-corrected chi connectivity index (χ3v) is 5.54. The SMILES string of the molecule is CC(C)=c1[nH]nc(-c2cc3c(-c4ccc(F)cc4)nccc3[nH]2)/c1=C/C(=C\N)c1cn[nH]c1. The fraction of sp³-hybridized carbons (Fsp3) is 0.0800. The maximum atomic E-state index is 13.4. The number of aromatic amines is 3. The maximum absolute atomic E-state index is 13.4. The molecule has 0 aliphatic heterocycles. The molecule has 5 N–H and O–H groups in total. The Balaban J connectivity index is 1.72. The first-order chi connectivity index (χ1) is 16.0. The third-order valence-electron chi connectivity index (χ3n) is 5.54. The number of hydrogen-bond donors (Lipinski definition) is 4. The van der Waals surface area contributed by atoms with Crippen LogP contribution in [0.2, 0.25) is 0 Å². The zero-order valence-corrected chi connectivity index (χ0v) is 18.1. The van der Waals surface area contributed by atoms with E-state index >= 15 is 0 Å². The maximum Gasteiger partial charge on any atom is 0.123 e. The number of allylic oxidation sites excluding steroid dienone is 1. The summed E-state index contributed by atoms with van der Waals surface area (Å²) < 4.78 is 13.4. The standard InChI is InChI=1S/C25H22FN7/c1-14(2)23-20(9-16(11-27)17-12-29-30-13-17)25(33-32-23)22-10-19-21(31-22)7-8-28-24(19)15-3-5-18(26)6-4-15/h3-13,31-32H,27H2,1-2H3,(H,29,30)/b16-11+,20-9+. The van der Waals surface area contributed by atoms with Crippen molar-refractivity contribution in [3.63, 3.8) is 0 Å². The summed E-state index contributed by atoms with van der Waals surface area (Å²) in [4.78, 5) is 8.00. The number of nitrogens with zero attached hydrogens (tertiary/aromatic N) is 3. The van der Waals surface area contributed by atoms with E-state index in [4.69, 9.17) is 5.73 Å². The molecule has 1 aromatic carbocycles. The van der Waals surface area contributed by atoms with Crippen molar-refractivity contribution in [3.05, 3.63) is 83.1 Å². The topological polar surface area (TPSA) is 112 Å². The number of benzene rings is 1. The summed E-state index contributed by atoms with van der Waals surface area (Å²) in [5.41, 5.74) is 12.8. The predicted octanol–water partition coefficient (Wildman–Crippen LogP) is 3.45.